The van der Waals surface area contributed by atoms with Gasteiger partial charge < -0.3 is 9.84 Å². The first-order chi connectivity index (χ1) is 14.3. The molecule has 0 aliphatic heterocycles. The number of ether oxygens (including phenoxy) is 1. The second-order valence-electron chi connectivity index (χ2n) is 7.22. The number of nitrogens with zero attached hydrogens (tertiary/aromatic N) is 2. The Balaban J connectivity index is 1.99. The van der Waals surface area contributed by atoms with E-state index in [0.717, 1.165) is 21.3 Å². The van der Waals surface area contributed by atoms with Gasteiger partial charge in [-0.15, -0.1) is 0 Å². The largest absolute Gasteiger partial charge is 0.494 e. The van der Waals surface area contributed by atoms with Crippen LogP contribution in [0.5, 0.6) is 11.6 Å². The van der Waals surface area contributed by atoms with Crippen molar-refractivity contribution in [3.05, 3.63) is 92.3 Å². The summed E-state index contributed by atoms with van der Waals surface area (Å²) in [6, 6.07) is 16.5. The van der Waals surface area contributed by atoms with E-state index in [4.69, 9.17) is 4.74 Å². The first-order valence-electron chi connectivity index (χ1n) is 9.46. The fraction of sp³-hybridized carbons (Fsp3) is 0.208. The number of carbonyl (C=O) groups excluding carboxylic acids is 1. The summed E-state index contributed by atoms with van der Waals surface area (Å²) < 4.78 is 6.61. The molecule has 0 aliphatic carbocycles. The van der Waals surface area contributed by atoms with Crippen molar-refractivity contribution in [2.24, 2.45) is 0 Å². The number of aryl methyl sites for hydroxylation is 2. The van der Waals surface area contributed by atoms with Crippen LogP contribution in [-0.2, 0) is 6.54 Å². The summed E-state index contributed by atoms with van der Waals surface area (Å²) >= 11 is 0. The molecule has 152 valence electrons. The van der Waals surface area contributed by atoms with Gasteiger partial charge in [0.25, 0.3) is 5.56 Å². The normalized spacial score (nSPS) is 10.5. The van der Waals surface area contributed by atoms with Crippen molar-refractivity contribution in [3.8, 4) is 17.7 Å². The highest BCUT2D eigenvalue weighted by molar-refractivity contribution is 6.01. The number of nitriles is 1. The second-order valence-corrected chi connectivity index (χ2v) is 7.22. The topological polar surface area (TPSA) is 92.3 Å². The molecule has 6 nitrogen and oxygen atoms in total. The van der Waals surface area contributed by atoms with Gasteiger partial charge in [0, 0.05) is 0 Å². The van der Waals surface area contributed by atoms with Crippen LogP contribution < -0.4 is 10.3 Å². The molecule has 1 heterocycles. The highest BCUT2D eigenvalue weighted by Gasteiger charge is 2.24. The molecule has 0 bridgehead atoms. The Labute approximate surface area is 174 Å². The number of benzene rings is 2. The van der Waals surface area contributed by atoms with Crippen LogP contribution in [0.3, 0.4) is 0 Å². The average molecular weight is 402 g/mol. The Hall–Kier alpha value is -3.85. The van der Waals surface area contributed by atoms with Crippen LogP contribution in [0.4, 0.5) is 0 Å². The zero-order valence-electron chi connectivity index (χ0n) is 17.1. The standard InChI is InChI=1S/C24H22N2O4/c1-15-7-9-18(10-8-15)13-26-23(28)20(12-25)17(3)22(24(26)29)21(27)14-30-19-6-4-5-16(2)11-19/h4-11,29H,13-14H2,1-3H3. The lowest BCUT2D eigenvalue weighted by Gasteiger charge is -2.16. The van der Waals surface area contributed by atoms with E-state index in [9.17, 15) is 20.0 Å². The number of rotatable bonds is 6. The van der Waals surface area contributed by atoms with E-state index in [0.29, 0.717) is 5.75 Å². The van der Waals surface area contributed by atoms with Crippen molar-refractivity contribution < 1.29 is 14.6 Å². The lowest BCUT2D eigenvalue weighted by molar-refractivity contribution is 0.0916. The summed E-state index contributed by atoms with van der Waals surface area (Å²) in [7, 11) is 0. The molecular weight excluding hydrogens is 380 g/mol. The smallest absolute Gasteiger partial charge is 0.271 e. The Morgan fingerprint density at radius 1 is 1.10 bits per heavy atom. The maximum absolute atomic E-state index is 12.9. The Kier molecular flexibility index (Phi) is 6.03. The van der Waals surface area contributed by atoms with Crippen LogP contribution in [0.1, 0.15) is 38.2 Å². The second kappa shape index (κ2) is 8.66. The molecule has 1 aromatic heterocycles. The number of Topliss-reactive ketones (excluding diaryl/α,β-unsaturated/α-hetero) is 1. The molecule has 0 unspecified atom stereocenters. The molecule has 0 fully saturated rings. The molecule has 30 heavy (non-hydrogen) atoms. The summed E-state index contributed by atoms with van der Waals surface area (Å²) in [4.78, 5) is 25.6. The van der Waals surface area contributed by atoms with Crippen molar-refractivity contribution in [2.45, 2.75) is 27.3 Å². The number of ketones is 1. The van der Waals surface area contributed by atoms with E-state index in [1.807, 2.05) is 56.3 Å². The van der Waals surface area contributed by atoms with Gasteiger partial charge >= 0.3 is 0 Å². The van der Waals surface area contributed by atoms with Gasteiger partial charge in [0.1, 0.15) is 17.4 Å². The van der Waals surface area contributed by atoms with E-state index in [1.54, 1.807) is 12.1 Å². The number of pyridine rings is 1. The summed E-state index contributed by atoms with van der Waals surface area (Å²) in [5.41, 5.74) is 2.07. The number of aromatic nitrogens is 1. The highest BCUT2D eigenvalue weighted by atomic mass is 16.5. The minimum atomic E-state index is -0.635. The lowest BCUT2D eigenvalue weighted by Crippen LogP contribution is -2.28. The van der Waals surface area contributed by atoms with Gasteiger partial charge in [-0.25, -0.2) is 0 Å². The summed E-state index contributed by atoms with van der Waals surface area (Å²) in [6.07, 6.45) is 0. The lowest BCUT2D eigenvalue weighted by atomic mass is 10.0. The maximum atomic E-state index is 12.9. The number of hydrogen-bond acceptors (Lipinski definition) is 5. The van der Waals surface area contributed by atoms with Gasteiger partial charge in [-0.05, 0) is 49.6 Å². The van der Waals surface area contributed by atoms with Crippen LogP contribution >= 0.6 is 0 Å². The van der Waals surface area contributed by atoms with Gasteiger partial charge in [-0.1, -0.05) is 42.0 Å². The number of hydrogen-bond donors (Lipinski definition) is 1. The molecule has 0 amide bonds. The summed E-state index contributed by atoms with van der Waals surface area (Å²) in [6.45, 7) is 5.04. The van der Waals surface area contributed by atoms with Gasteiger partial charge in [0.2, 0.25) is 11.7 Å². The fourth-order valence-corrected chi connectivity index (χ4v) is 3.23. The van der Waals surface area contributed by atoms with Crippen LogP contribution in [0, 0.1) is 32.1 Å². The number of carbonyl (C=O) groups is 1. The van der Waals surface area contributed by atoms with Crippen molar-refractivity contribution in [1.82, 2.24) is 4.57 Å². The molecule has 3 rings (SSSR count). The van der Waals surface area contributed by atoms with Crippen LogP contribution in [0.15, 0.2) is 53.3 Å². The molecule has 6 heteroatoms. The summed E-state index contributed by atoms with van der Waals surface area (Å²) in [5, 5.41) is 20.2. The molecule has 3 aromatic rings. The predicted molar refractivity (Wildman–Crippen MR) is 113 cm³/mol. The monoisotopic (exact) mass is 402 g/mol. The molecule has 0 saturated heterocycles. The molecule has 0 atom stereocenters. The third-order valence-electron chi connectivity index (χ3n) is 4.90. The average Bonchev–Trinajstić information content (AvgIpc) is 2.71. The van der Waals surface area contributed by atoms with Gasteiger partial charge in [-0.3, -0.25) is 14.2 Å². The van der Waals surface area contributed by atoms with Crippen LogP contribution in [0.25, 0.3) is 0 Å². The van der Waals surface area contributed by atoms with Gasteiger partial charge in [-0.2, -0.15) is 5.26 Å². The van der Waals surface area contributed by atoms with Gasteiger partial charge in [0.05, 0.1) is 12.1 Å². The van der Waals surface area contributed by atoms with Crippen molar-refractivity contribution >= 4 is 5.78 Å². The SMILES string of the molecule is Cc1ccc(Cn2c(O)c(C(=O)COc3cccc(C)c3)c(C)c(C#N)c2=O)cc1. The molecule has 2 aromatic carbocycles. The first-order valence-corrected chi connectivity index (χ1v) is 9.46. The van der Waals surface area contributed by atoms with E-state index in [1.165, 1.54) is 6.92 Å². The first kappa shape index (κ1) is 20.9. The van der Waals surface area contributed by atoms with Crippen molar-refractivity contribution in [2.75, 3.05) is 6.61 Å². The van der Waals surface area contributed by atoms with E-state index in [2.05, 4.69) is 0 Å². The maximum Gasteiger partial charge on any atom is 0.271 e. The highest BCUT2D eigenvalue weighted by Crippen LogP contribution is 2.24. The zero-order chi connectivity index (χ0) is 21.8. The Morgan fingerprint density at radius 2 is 1.80 bits per heavy atom. The van der Waals surface area contributed by atoms with E-state index >= 15 is 0 Å². The molecule has 0 spiro atoms. The van der Waals surface area contributed by atoms with Crippen molar-refractivity contribution in [1.29, 1.82) is 5.26 Å². The molecule has 0 saturated carbocycles. The third-order valence-corrected chi connectivity index (χ3v) is 4.90. The van der Waals surface area contributed by atoms with E-state index in [-0.39, 0.29) is 29.8 Å². The van der Waals surface area contributed by atoms with Crippen LogP contribution in [0.2, 0.25) is 0 Å². The zero-order valence-corrected chi connectivity index (χ0v) is 17.1. The Bertz CT molecular complexity index is 1200. The van der Waals surface area contributed by atoms with E-state index < -0.39 is 17.2 Å². The van der Waals surface area contributed by atoms with Gasteiger partial charge in [0.15, 0.2) is 6.61 Å². The molecule has 1 N–H and O–H groups in total. The fourth-order valence-electron chi connectivity index (χ4n) is 3.23. The quantitative estimate of drug-likeness (QED) is 0.635. The minimum Gasteiger partial charge on any atom is -0.494 e. The predicted octanol–water partition coefficient (Wildman–Crippen LogP) is 3.66. The summed E-state index contributed by atoms with van der Waals surface area (Å²) in [5.74, 6) is -0.454. The van der Waals surface area contributed by atoms with Crippen LogP contribution in [-0.4, -0.2) is 22.1 Å². The van der Waals surface area contributed by atoms with Crippen molar-refractivity contribution in [3.63, 3.8) is 0 Å². The Morgan fingerprint density at radius 3 is 2.43 bits per heavy atom. The molecular formula is C24H22N2O4. The number of aromatic hydroxyl groups is 1. The molecule has 0 radical (unpaired) electrons. The third kappa shape index (κ3) is 4.26. The minimum absolute atomic E-state index is 0.0406. The molecule has 0 aliphatic rings.